The van der Waals surface area contributed by atoms with Crippen molar-refractivity contribution in [2.45, 2.75) is 26.3 Å². The fourth-order valence-electron chi connectivity index (χ4n) is 2.97. The number of benzene rings is 1. The average Bonchev–Trinajstić information content (AvgIpc) is 3.04. The number of aromatic nitrogens is 1. The smallest absolute Gasteiger partial charge is 0.261 e. The van der Waals surface area contributed by atoms with Crippen LogP contribution in [0.25, 0.3) is 0 Å². The van der Waals surface area contributed by atoms with Crippen molar-refractivity contribution >= 4 is 17.4 Å². The van der Waals surface area contributed by atoms with Crippen LogP contribution < -0.4 is 15.6 Å². The van der Waals surface area contributed by atoms with Crippen LogP contribution in [0.2, 0.25) is 0 Å². The first kappa shape index (κ1) is 16.0. The lowest BCUT2D eigenvalue weighted by Crippen LogP contribution is -2.24. The normalized spacial score (nSPS) is 12.6. The van der Waals surface area contributed by atoms with E-state index in [-0.39, 0.29) is 23.0 Å². The van der Waals surface area contributed by atoms with Gasteiger partial charge >= 0.3 is 0 Å². The zero-order chi connectivity index (χ0) is 17.3. The molecule has 124 valence electrons. The van der Waals surface area contributed by atoms with E-state index >= 15 is 0 Å². The highest BCUT2D eigenvalue weighted by Gasteiger charge is 2.25. The Morgan fingerprint density at radius 1 is 1.21 bits per heavy atom. The number of ketones is 1. The molecule has 0 saturated heterocycles. The second-order valence-corrected chi connectivity index (χ2v) is 5.72. The summed E-state index contributed by atoms with van der Waals surface area (Å²) in [6.45, 7) is 2.11. The zero-order valence-corrected chi connectivity index (χ0v) is 13.6. The molecule has 1 aliphatic rings. The molecule has 2 aromatic rings. The van der Waals surface area contributed by atoms with E-state index in [4.69, 9.17) is 4.74 Å². The highest BCUT2D eigenvalue weighted by molar-refractivity contribution is 6.07. The number of hydrogen-bond donors (Lipinski definition) is 1. The first-order chi connectivity index (χ1) is 11.5. The van der Waals surface area contributed by atoms with Gasteiger partial charge in [-0.2, -0.15) is 0 Å². The molecule has 2 heterocycles. The Kier molecular flexibility index (Phi) is 4.20. The Bertz CT molecular complexity index is 866. The third kappa shape index (κ3) is 2.82. The van der Waals surface area contributed by atoms with Gasteiger partial charge in [0.2, 0.25) is 0 Å². The summed E-state index contributed by atoms with van der Waals surface area (Å²) in [4.78, 5) is 36.1. The Morgan fingerprint density at radius 3 is 2.54 bits per heavy atom. The molecule has 0 bridgehead atoms. The molecule has 1 aromatic heterocycles. The number of amides is 1. The van der Waals surface area contributed by atoms with Crippen molar-refractivity contribution in [2.75, 3.05) is 12.4 Å². The Balaban J connectivity index is 1.94. The highest BCUT2D eigenvalue weighted by Crippen LogP contribution is 2.26. The van der Waals surface area contributed by atoms with Crippen LogP contribution in [0.5, 0.6) is 5.75 Å². The SMILES string of the molecule is COc1cc(=O)n2c(c1C(=O)Nc1ccc(C(C)=O)cc1)CCC2. The van der Waals surface area contributed by atoms with E-state index < -0.39 is 0 Å². The molecule has 0 fully saturated rings. The second kappa shape index (κ2) is 6.31. The molecule has 0 radical (unpaired) electrons. The van der Waals surface area contributed by atoms with Gasteiger partial charge in [0.1, 0.15) is 11.3 Å². The van der Waals surface area contributed by atoms with Crippen LogP contribution >= 0.6 is 0 Å². The predicted molar refractivity (Wildman–Crippen MR) is 90.0 cm³/mol. The monoisotopic (exact) mass is 326 g/mol. The van der Waals surface area contributed by atoms with E-state index in [1.165, 1.54) is 20.1 Å². The van der Waals surface area contributed by atoms with Crippen molar-refractivity contribution in [1.82, 2.24) is 4.57 Å². The third-order valence-electron chi connectivity index (χ3n) is 4.17. The number of Topliss-reactive ketones (excluding diaryl/α,β-unsaturated/α-hetero) is 1. The van der Waals surface area contributed by atoms with Gasteiger partial charge in [-0.25, -0.2) is 0 Å². The summed E-state index contributed by atoms with van der Waals surface area (Å²) in [5.41, 5.74) is 2.11. The molecule has 6 nitrogen and oxygen atoms in total. The van der Waals surface area contributed by atoms with Crippen LogP contribution in [0.3, 0.4) is 0 Å². The summed E-state index contributed by atoms with van der Waals surface area (Å²) in [5, 5.41) is 2.80. The van der Waals surface area contributed by atoms with Crippen LogP contribution in [0.1, 0.15) is 39.8 Å². The maximum atomic E-state index is 12.7. The van der Waals surface area contributed by atoms with Gasteiger partial charge in [-0.1, -0.05) is 0 Å². The first-order valence-corrected chi connectivity index (χ1v) is 7.74. The van der Waals surface area contributed by atoms with Gasteiger partial charge in [-0.3, -0.25) is 14.4 Å². The van der Waals surface area contributed by atoms with E-state index in [0.717, 1.165) is 6.42 Å². The molecule has 0 unspecified atom stereocenters. The number of rotatable bonds is 4. The fraction of sp³-hybridized carbons (Fsp3) is 0.278. The van der Waals surface area contributed by atoms with Crippen LogP contribution in [0.4, 0.5) is 5.69 Å². The van der Waals surface area contributed by atoms with Crippen molar-refractivity contribution < 1.29 is 14.3 Å². The van der Waals surface area contributed by atoms with Gasteiger partial charge in [0.05, 0.1) is 7.11 Å². The molecule has 3 rings (SSSR count). The maximum absolute atomic E-state index is 12.7. The quantitative estimate of drug-likeness (QED) is 0.874. The molecule has 1 aromatic carbocycles. The van der Waals surface area contributed by atoms with Gasteiger partial charge in [-0.15, -0.1) is 0 Å². The van der Waals surface area contributed by atoms with E-state index in [0.29, 0.717) is 35.5 Å². The van der Waals surface area contributed by atoms with Gasteiger partial charge in [-0.05, 0) is 44.0 Å². The summed E-state index contributed by atoms with van der Waals surface area (Å²) < 4.78 is 6.86. The fourth-order valence-corrected chi connectivity index (χ4v) is 2.97. The lowest BCUT2D eigenvalue weighted by Gasteiger charge is -2.14. The lowest BCUT2D eigenvalue weighted by atomic mass is 10.1. The summed E-state index contributed by atoms with van der Waals surface area (Å²) in [6, 6.07) is 8.03. The number of carbonyl (C=O) groups excluding carboxylic acids is 2. The first-order valence-electron chi connectivity index (χ1n) is 7.74. The van der Waals surface area contributed by atoms with Crippen molar-refractivity contribution in [3.05, 3.63) is 57.5 Å². The minimum absolute atomic E-state index is 0.0326. The van der Waals surface area contributed by atoms with Crippen LogP contribution in [0, 0.1) is 0 Å². The molecule has 0 atom stereocenters. The number of nitrogens with zero attached hydrogens (tertiary/aromatic N) is 1. The molecule has 1 amide bonds. The zero-order valence-electron chi connectivity index (χ0n) is 13.6. The standard InChI is InChI=1S/C18H18N2O4/c1-11(21)12-5-7-13(8-6-12)19-18(23)17-14-4-3-9-20(14)16(22)10-15(17)24-2/h5-8,10H,3-4,9H2,1-2H3,(H,19,23). The van der Waals surface area contributed by atoms with Crippen molar-refractivity contribution in [3.8, 4) is 5.75 Å². The summed E-state index contributed by atoms with van der Waals surface area (Å²) in [6.07, 6.45) is 1.49. The maximum Gasteiger partial charge on any atom is 0.261 e. The number of ether oxygens (including phenoxy) is 1. The number of methoxy groups -OCH3 is 1. The van der Waals surface area contributed by atoms with E-state index in [2.05, 4.69) is 5.32 Å². The molecule has 1 N–H and O–H groups in total. The second-order valence-electron chi connectivity index (χ2n) is 5.72. The summed E-state index contributed by atoms with van der Waals surface area (Å²) >= 11 is 0. The van der Waals surface area contributed by atoms with Crippen LogP contribution in [-0.2, 0) is 13.0 Å². The summed E-state index contributed by atoms with van der Waals surface area (Å²) in [5.74, 6) is -0.0751. The largest absolute Gasteiger partial charge is 0.496 e. The molecule has 1 aliphatic heterocycles. The molecule has 6 heteroatoms. The van der Waals surface area contributed by atoms with Gasteiger partial charge in [0.15, 0.2) is 5.78 Å². The minimum atomic E-state index is -0.326. The number of pyridine rings is 1. The topological polar surface area (TPSA) is 77.4 Å². The number of carbonyl (C=O) groups is 2. The third-order valence-corrected chi connectivity index (χ3v) is 4.17. The average molecular weight is 326 g/mol. The van der Waals surface area contributed by atoms with Crippen molar-refractivity contribution in [3.63, 3.8) is 0 Å². The highest BCUT2D eigenvalue weighted by atomic mass is 16.5. The van der Waals surface area contributed by atoms with Gasteiger partial charge in [0.25, 0.3) is 11.5 Å². The van der Waals surface area contributed by atoms with E-state index in [9.17, 15) is 14.4 Å². The van der Waals surface area contributed by atoms with Crippen LogP contribution in [0.15, 0.2) is 35.1 Å². The Labute approximate surface area is 139 Å². The molecular formula is C18H18N2O4. The van der Waals surface area contributed by atoms with Crippen molar-refractivity contribution in [2.24, 2.45) is 0 Å². The van der Waals surface area contributed by atoms with E-state index in [1.54, 1.807) is 28.8 Å². The lowest BCUT2D eigenvalue weighted by molar-refractivity contribution is 0.101. The molecular weight excluding hydrogens is 308 g/mol. The van der Waals surface area contributed by atoms with E-state index in [1.807, 2.05) is 0 Å². The molecule has 0 aliphatic carbocycles. The Hall–Kier alpha value is -2.89. The molecule has 24 heavy (non-hydrogen) atoms. The predicted octanol–water partition coefficient (Wildman–Crippen LogP) is 2.26. The molecule has 0 spiro atoms. The van der Waals surface area contributed by atoms with Gasteiger partial charge < -0.3 is 14.6 Å². The van der Waals surface area contributed by atoms with Crippen molar-refractivity contribution in [1.29, 1.82) is 0 Å². The number of hydrogen-bond acceptors (Lipinski definition) is 4. The number of nitrogens with one attached hydrogen (secondary N) is 1. The summed E-state index contributed by atoms with van der Waals surface area (Å²) in [7, 11) is 1.44. The van der Waals surface area contributed by atoms with Gasteiger partial charge in [0, 0.05) is 29.6 Å². The minimum Gasteiger partial charge on any atom is -0.496 e. The van der Waals surface area contributed by atoms with Crippen LogP contribution in [-0.4, -0.2) is 23.4 Å². The molecule has 0 saturated carbocycles. The number of anilines is 1. The number of fused-ring (bicyclic) bond motifs is 1. The Morgan fingerprint density at radius 2 is 1.92 bits per heavy atom.